The highest BCUT2D eigenvalue weighted by Crippen LogP contribution is 2.27. The molecule has 104 valence electrons. The summed E-state index contributed by atoms with van der Waals surface area (Å²) in [5.74, 6) is 0. The highest BCUT2D eigenvalue weighted by atomic mass is 32.2. The van der Waals surface area contributed by atoms with Gasteiger partial charge in [-0.25, -0.2) is 13.6 Å². The molecule has 0 heterocycles. The Hall–Kier alpha value is -2.62. The van der Waals surface area contributed by atoms with E-state index in [0.29, 0.717) is 11.4 Å². The number of nitriles is 2. The number of nitrogens with one attached hydrogen (secondary N) is 1. The second-order valence-electron chi connectivity index (χ2n) is 3.91. The lowest BCUT2D eigenvalue weighted by Gasteiger charge is -2.17. The van der Waals surface area contributed by atoms with Gasteiger partial charge in [-0.3, -0.25) is 5.43 Å². The molecule has 9 heteroatoms. The van der Waals surface area contributed by atoms with Gasteiger partial charge in [0.25, 0.3) is 0 Å². The minimum absolute atomic E-state index is 0.101. The average Bonchev–Trinajstić information content (AvgIpc) is 2.38. The molecule has 0 spiro atoms. The lowest BCUT2D eigenvalue weighted by molar-refractivity contribution is 0.598. The van der Waals surface area contributed by atoms with Crippen LogP contribution in [0.3, 0.4) is 0 Å². The smallest absolute Gasteiger partial charge is 0.238 e. The van der Waals surface area contributed by atoms with Crippen molar-refractivity contribution in [2.45, 2.75) is 4.90 Å². The first-order valence-electron chi connectivity index (χ1n) is 5.27. The maximum atomic E-state index is 11.3. The molecular formula is C11H12N6O2S. The zero-order valence-corrected chi connectivity index (χ0v) is 11.6. The SMILES string of the molecule is CN(C)c1ccc(S(N)(=O)=O)cc1NN=C(C#N)C#N. The van der Waals surface area contributed by atoms with Crippen molar-refractivity contribution in [2.75, 3.05) is 24.4 Å². The van der Waals surface area contributed by atoms with Gasteiger partial charge in [0.1, 0.15) is 12.1 Å². The fraction of sp³-hybridized carbons (Fsp3) is 0.182. The minimum atomic E-state index is -3.85. The fourth-order valence-electron chi connectivity index (χ4n) is 1.36. The zero-order valence-electron chi connectivity index (χ0n) is 10.8. The van der Waals surface area contributed by atoms with E-state index in [1.54, 1.807) is 31.1 Å². The van der Waals surface area contributed by atoms with Gasteiger partial charge in [0.15, 0.2) is 0 Å². The molecule has 0 fully saturated rings. The summed E-state index contributed by atoms with van der Waals surface area (Å²) >= 11 is 0. The molecule has 0 aliphatic heterocycles. The second-order valence-corrected chi connectivity index (χ2v) is 5.48. The van der Waals surface area contributed by atoms with Crippen LogP contribution in [-0.2, 0) is 10.0 Å². The Labute approximate surface area is 116 Å². The number of hydrogen-bond acceptors (Lipinski definition) is 7. The Morgan fingerprint density at radius 2 is 1.95 bits per heavy atom. The van der Waals surface area contributed by atoms with E-state index < -0.39 is 10.0 Å². The Balaban J connectivity index is 3.32. The van der Waals surface area contributed by atoms with Gasteiger partial charge in [0.05, 0.1) is 16.3 Å². The van der Waals surface area contributed by atoms with Crippen molar-refractivity contribution in [1.82, 2.24) is 0 Å². The summed E-state index contributed by atoms with van der Waals surface area (Å²) in [5, 5.41) is 25.8. The van der Waals surface area contributed by atoms with Gasteiger partial charge in [0.2, 0.25) is 15.7 Å². The number of rotatable bonds is 4. The molecule has 0 atom stereocenters. The molecule has 0 bridgehead atoms. The van der Waals surface area contributed by atoms with Gasteiger partial charge < -0.3 is 4.90 Å². The Morgan fingerprint density at radius 3 is 2.40 bits per heavy atom. The molecule has 0 aliphatic carbocycles. The quantitative estimate of drug-likeness (QED) is 0.601. The van der Waals surface area contributed by atoms with Crippen LogP contribution in [-0.4, -0.2) is 28.2 Å². The number of sulfonamides is 1. The van der Waals surface area contributed by atoms with E-state index in [1.165, 1.54) is 18.2 Å². The van der Waals surface area contributed by atoms with Gasteiger partial charge in [-0.2, -0.15) is 15.6 Å². The van der Waals surface area contributed by atoms with Crippen LogP contribution >= 0.6 is 0 Å². The number of nitrogens with two attached hydrogens (primary N) is 1. The van der Waals surface area contributed by atoms with E-state index in [4.69, 9.17) is 15.7 Å². The largest absolute Gasteiger partial charge is 0.376 e. The molecule has 0 amide bonds. The monoisotopic (exact) mass is 292 g/mol. The predicted molar refractivity (Wildman–Crippen MR) is 74.4 cm³/mol. The Bertz CT molecular complexity index is 708. The average molecular weight is 292 g/mol. The first-order chi connectivity index (χ1) is 9.29. The standard InChI is InChI=1S/C11H12N6O2S/c1-17(2)11-4-3-9(20(14,18)19)5-10(11)16-15-8(6-12)7-13/h3-5,16H,1-2H3,(H2,14,18,19). The van der Waals surface area contributed by atoms with E-state index in [-0.39, 0.29) is 10.6 Å². The van der Waals surface area contributed by atoms with Gasteiger partial charge in [-0.15, -0.1) is 0 Å². The summed E-state index contributed by atoms with van der Waals surface area (Å²) in [6.07, 6.45) is 0. The van der Waals surface area contributed by atoms with E-state index in [2.05, 4.69) is 10.5 Å². The first-order valence-corrected chi connectivity index (χ1v) is 6.82. The maximum Gasteiger partial charge on any atom is 0.238 e. The molecule has 1 rings (SSSR count). The third-order valence-corrected chi connectivity index (χ3v) is 3.19. The van der Waals surface area contributed by atoms with Gasteiger partial charge in [-0.05, 0) is 18.2 Å². The molecule has 1 aromatic rings. The number of hydrogen-bond donors (Lipinski definition) is 2. The number of hydrazone groups is 1. The summed E-state index contributed by atoms with van der Waals surface area (Å²) in [4.78, 5) is 1.61. The zero-order chi connectivity index (χ0) is 15.3. The first kappa shape index (κ1) is 15.4. The van der Waals surface area contributed by atoms with Crippen LogP contribution in [0.1, 0.15) is 0 Å². The van der Waals surface area contributed by atoms with E-state index >= 15 is 0 Å². The Morgan fingerprint density at radius 1 is 1.35 bits per heavy atom. The third-order valence-electron chi connectivity index (χ3n) is 2.28. The molecule has 0 radical (unpaired) electrons. The van der Waals surface area contributed by atoms with E-state index in [0.717, 1.165) is 0 Å². The maximum absolute atomic E-state index is 11.3. The Kier molecular flexibility index (Phi) is 4.64. The molecule has 8 nitrogen and oxygen atoms in total. The number of benzene rings is 1. The number of anilines is 2. The van der Waals surface area contributed by atoms with Crippen molar-refractivity contribution in [3.63, 3.8) is 0 Å². The summed E-state index contributed by atoms with van der Waals surface area (Å²) in [6, 6.07) is 7.34. The van der Waals surface area contributed by atoms with Crippen molar-refractivity contribution < 1.29 is 8.42 Å². The molecule has 3 N–H and O–H groups in total. The third kappa shape index (κ3) is 3.68. The van der Waals surface area contributed by atoms with Crippen molar-refractivity contribution in [2.24, 2.45) is 10.2 Å². The summed E-state index contributed by atoms with van der Waals surface area (Å²) in [6.45, 7) is 0. The summed E-state index contributed by atoms with van der Waals surface area (Å²) < 4.78 is 22.6. The van der Waals surface area contributed by atoms with E-state index in [9.17, 15) is 8.42 Å². The number of primary sulfonamides is 1. The summed E-state index contributed by atoms with van der Waals surface area (Å²) in [5.41, 5.74) is 3.04. The number of nitrogens with zero attached hydrogens (tertiary/aromatic N) is 4. The van der Waals surface area contributed by atoms with Crippen LogP contribution in [0.25, 0.3) is 0 Å². The van der Waals surface area contributed by atoms with E-state index in [1.807, 2.05) is 0 Å². The van der Waals surface area contributed by atoms with Crippen LogP contribution in [0.5, 0.6) is 0 Å². The molecule has 0 saturated carbocycles. The molecular weight excluding hydrogens is 280 g/mol. The van der Waals surface area contributed by atoms with Crippen LogP contribution in [0.4, 0.5) is 11.4 Å². The minimum Gasteiger partial charge on any atom is -0.376 e. The molecule has 0 aliphatic rings. The van der Waals surface area contributed by atoms with Crippen LogP contribution in [0, 0.1) is 22.7 Å². The van der Waals surface area contributed by atoms with Gasteiger partial charge in [0, 0.05) is 14.1 Å². The predicted octanol–water partition coefficient (Wildman–Crippen LogP) is 0.215. The molecule has 0 unspecified atom stereocenters. The van der Waals surface area contributed by atoms with Crippen LogP contribution in [0.2, 0.25) is 0 Å². The van der Waals surface area contributed by atoms with Crippen LogP contribution in [0.15, 0.2) is 28.2 Å². The van der Waals surface area contributed by atoms with Crippen LogP contribution < -0.4 is 15.5 Å². The van der Waals surface area contributed by atoms with Crippen molar-refractivity contribution >= 4 is 27.1 Å². The van der Waals surface area contributed by atoms with Crippen molar-refractivity contribution in [3.05, 3.63) is 18.2 Å². The normalized spacial score (nSPS) is 10.1. The lowest BCUT2D eigenvalue weighted by Crippen LogP contribution is -2.15. The molecule has 0 aromatic heterocycles. The highest BCUT2D eigenvalue weighted by molar-refractivity contribution is 7.89. The van der Waals surface area contributed by atoms with Crippen molar-refractivity contribution in [3.8, 4) is 12.1 Å². The van der Waals surface area contributed by atoms with Crippen molar-refractivity contribution in [1.29, 1.82) is 10.5 Å². The van der Waals surface area contributed by atoms with Gasteiger partial charge >= 0.3 is 0 Å². The molecule has 20 heavy (non-hydrogen) atoms. The molecule has 1 aromatic carbocycles. The second kappa shape index (κ2) is 6.02. The molecule has 0 saturated heterocycles. The highest BCUT2D eigenvalue weighted by Gasteiger charge is 2.12. The topological polar surface area (TPSA) is 135 Å². The fourth-order valence-corrected chi connectivity index (χ4v) is 1.90. The van der Waals surface area contributed by atoms with Gasteiger partial charge in [-0.1, -0.05) is 0 Å². The lowest BCUT2D eigenvalue weighted by atomic mass is 10.2. The summed E-state index contributed by atoms with van der Waals surface area (Å²) in [7, 11) is -0.362.